The zero-order chi connectivity index (χ0) is 12.3. The number of amides is 3. The van der Waals surface area contributed by atoms with E-state index in [-0.39, 0.29) is 18.2 Å². The summed E-state index contributed by atoms with van der Waals surface area (Å²) in [5.41, 5.74) is 0. The van der Waals surface area contributed by atoms with Crippen molar-refractivity contribution in [1.82, 2.24) is 16.0 Å². The second kappa shape index (κ2) is 5.27. The molecule has 0 spiro atoms. The van der Waals surface area contributed by atoms with Gasteiger partial charge in [-0.3, -0.25) is 19.7 Å². The molecule has 1 unspecified atom stereocenters. The number of hydrogen-bond donors (Lipinski definition) is 3. The lowest BCUT2D eigenvalue weighted by Gasteiger charge is -2.21. The summed E-state index contributed by atoms with van der Waals surface area (Å²) in [5, 5.41) is 8.08. The number of piperidine rings is 1. The fourth-order valence-electron chi connectivity index (χ4n) is 1.78. The smallest absolute Gasteiger partial charge is 0.249 e. The van der Waals surface area contributed by atoms with Crippen LogP contribution in [0.2, 0.25) is 0 Å². The first kappa shape index (κ1) is 12.0. The van der Waals surface area contributed by atoms with Gasteiger partial charge in [-0.05, 0) is 19.3 Å². The first-order chi connectivity index (χ1) is 8.15. The van der Waals surface area contributed by atoms with Crippen LogP contribution in [0.15, 0.2) is 0 Å². The second-order valence-corrected chi connectivity index (χ2v) is 4.55. The Balaban J connectivity index is 1.66. The van der Waals surface area contributed by atoms with Crippen molar-refractivity contribution < 1.29 is 14.4 Å². The number of imide groups is 1. The van der Waals surface area contributed by atoms with Crippen LogP contribution in [0.3, 0.4) is 0 Å². The van der Waals surface area contributed by atoms with Gasteiger partial charge < -0.3 is 10.6 Å². The number of rotatable bonds is 5. The predicted molar refractivity (Wildman–Crippen MR) is 60.0 cm³/mol. The van der Waals surface area contributed by atoms with Crippen LogP contribution < -0.4 is 16.0 Å². The first-order valence-electron chi connectivity index (χ1n) is 6.01. The normalized spacial score (nSPS) is 24.4. The van der Waals surface area contributed by atoms with Crippen LogP contribution in [0.1, 0.15) is 32.1 Å². The molecule has 3 amide bonds. The largest absolute Gasteiger partial charge is 0.344 e. The number of carbonyl (C=O) groups excluding carboxylic acids is 3. The van der Waals surface area contributed by atoms with E-state index in [2.05, 4.69) is 16.0 Å². The molecular weight excluding hydrogens is 222 g/mol. The van der Waals surface area contributed by atoms with Crippen molar-refractivity contribution in [2.75, 3.05) is 6.54 Å². The highest BCUT2D eigenvalue weighted by molar-refractivity contribution is 6.01. The minimum atomic E-state index is -0.555. The molecule has 6 heteroatoms. The van der Waals surface area contributed by atoms with E-state index in [0.717, 1.165) is 0 Å². The molecule has 0 aromatic heterocycles. The predicted octanol–water partition coefficient (Wildman–Crippen LogP) is -0.950. The van der Waals surface area contributed by atoms with Crippen LogP contribution >= 0.6 is 0 Å². The lowest BCUT2D eigenvalue weighted by molar-refractivity contribution is -0.137. The Morgan fingerprint density at radius 1 is 1.29 bits per heavy atom. The summed E-state index contributed by atoms with van der Waals surface area (Å²) >= 11 is 0. The van der Waals surface area contributed by atoms with Gasteiger partial charge >= 0.3 is 0 Å². The summed E-state index contributed by atoms with van der Waals surface area (Å²) < 4.78 is 0. The highest BCUT2D eigenvalue weighted by atomic mass is 16.2. The average Bonchev–Trinajstić information content (AvgIpc) is 3.06. The molecule has 1 atom stereocenters. The molecule has 0 radical (unpaired) electrons. The van der Waals surface area contributed by atoms with Crippen LogP contribution in [0.25, 0.3) is 0 Å². The number of nitrogens with one attached hydrogen (secondary N) is 3. The van der Waals surface area contributed by atoms with Gasteiger partial charge in [0.2, 0.25) is 17.7 Å². The molecule has 0 aromatic rings. The van der Waals surface area contributed by atoms with E-state index in [4.69, 9.17) is 0 Å². The van der Waals surface area contributed by atoms with Gasteiger partial charge in [-0.1, -0.05) is 0 Å². The molecule has 0 bridgehead atoms. The zero-order valence-corrected chi connectivity index (χ0v) is 9.62. The lowest BCUT2D eigenvalue weighted by atomic mass is 10.1. The monoisotopic (exact) mass is 239 g/mol. The molecule has 3 N–H and O–H groups in total. The molecule has 2 fully saturated rings. The Hall–Kier alpha value is -1.43. The molecule has 1 aliphatic heterocycles. The van der Waals surface area contributed by atoms with Crippen molar-refractivity contribution in [1.29, 1.82) is 0 Å². The van der Waals surface area contributed by atoms with Crippen molar-refractivity contribution >= 4 is 17.7 Å². The van der Waals surface area contributed by atoms with Crippen molar-refractivity contribution in [2.45, 2.75) is 44.2 Å². The van der Waals surface area contributed by atoms with E-state index in [0.29, 0.717) is 25.4 Å². The Morgan fingerprint density at radius 3 is 2.71 bits per heavy atom. The molecule has 94 valence electrons. The molecule has 17 heavy (non-hydrogen) atoms. The maximum atomic E-state index is 11.5. The highest BCUT2D eigenvalue weighted by Crippen LogP contribution is 2.18. The Kier molecular flexibility index (Phi) is 3.73. The first-order valence-corrected chi connectivity index (χ1v) is 6.01. The van der Waals surface area contributed by atoms with Gasteiger partial charge in [-0.15, -0.1) is 0 Å². The molecule has 2 aliphatic rings. The Morgan fingerprint density at radius 2 is 2.06 bits per heavy atom. The molecular formula is C11H17N3O3. The van der Waals surface area contributed by atoms with Crippen LogP contribution in [-0.4, -0.2) is 36.3 Å². The number of hydrogen-bond acceptors (Lipinski definition) is 4. The SMILES string of the molecule is O=C1CCC(NC(=O)CCNC2CC2)C(=O)N1. The summed E-state index contributed by atoms with van der Waals surface area (Å²) in [4.78, 5) is 33.8. The quantitative estimate of drug-likeness (QED) is 0.540. The minimum Gasteiger partial charge on any atom is -0.344 e. The van der Waals surface area contributed by atoms with E-state index in [1.807, 2.05) is 0 Å². The van der Waals surface area contributed by atoms with Crippen LogP contribution in [0.5, 0.6) is 0 Å². The van der Waals surface area contributed by atoms with E-state index in [1.165, 1.54) is 12.8 Å². The topological polar surface area (TPSA) is 87.3 Å². The van der Waals surface area contributed by atoms with Crippen LogP contribution in [0, 0.1) is 0 Å². The third-order valence-electron chi connectivity index (χ3n) is 2.94. The van der Waals surface area contributed by atoms with Crippen molar-refractivity contribution in [2.24, 2.45) is 0 Å². The van der Waals surface area contributed by atoms with Gasteiger partial charge in [-0.25, -0.2) is 0 Å². The fourth-order valence-corrected chi connectivity index (χ4v) is 1.78. The van der Waals surface area contributed by atoms with Crippen LogP contribution in [-0.2, 0) is 14.4 Å². The van der Waals surface area contributed by atoms with E-state index in [1.54, 1.807) is 0 Å². The third-order valence-corrected chi connectivity index (χ3v) is 2.94. The highest BCUT2D eigenvalue weighted by Gasteiger charge is 2.27. The van der Waals surface area contributed by atoms with Crippen molar-refractivity contribution in [3.05, 3.63) is 0 Å². The Labute approximate surface area is 99.5 Å². The molecule has 1 aliphatic carbocycles. The Bertz CT molecular complexity index is 339. The zero-order valence-electron chi connectivity index (χ0n) is 9.62. The van der Waals surface area contributed by atoms with Crippen molar-refractivity contribution in [3.63, 3.8) is 0 Å². The summed E-state index contributed by atoms with van der Waals surface area (Å²) in [6.07, 6.45) is 3.43. The van der Waals surface area contributed by atoms with Gasteiger partial charge in [0.25, 0.3) is 0 Å². The lowest BCUT2D eigenvalue weighted by Crippen LogP contribution is -2.52. The summed E-state index contributed by atoms with van der Waals surface area (Å²) in [7, 11) is 0. The maximum Gasteiger partial charge on any atom is 0.249 e. The summed E-state index contributed by atoms with van der Waals surface area (Å²) in [5.74, 6) is -0.812. The van der Waals surface area contributed by atoms with E-state index in [9.17, 15) is 14.4 Å². The van der Waals surface area contributed by atoms with Gasteiger partial charge in [0, 0.05) is 25.4 Å². The number of carbonyl (C=O) groups is 3. The average molecular weight is 239 g/mol. The van der Waals surface area contributed by atoms with Crippen molar-refractivity contribution in [3.8, 4) is 0 Å². The molecule has 1 saturated carbocycles. The van der Waals surface area contributed by atoms with E-state index < -0.39 is 11.9 Å². The second-order valence-electron chi connectivity index (χ2n) is 4.55. The van der Waals surface area contributed by atoms with Gasteiger partial charge in [0.15, 0.2) is 0 Å². The molecule has 6 nitrogen and oxygen atoms in total. The van der Waals surface area contributed by atoms with Gasteiger partial charge in [0.05, 0.1) is 0 Å². The van der Waals surface area contributed by atoms with Gasteiger partial charge in [0.1, 0.15) is 6.04 Å². The summed E-state index contributed by atoms with van der Waals surface area (Å²) in [6.45, 7) is 0.643. The molecule has 1 heterocycles. The summed E-state index contributed by atoms with van der Waals surface area (Å²) in [6, 6.07) is 0.0273. The standard InChI is InChI=1S/C11H17N3O3/c15-9-4-3-8(11(17)14-9)13-10(16)5-6-12-7-1-2-7/h7-8,12H,1-6H2,(H,13,16)(H,14,15,17). The van der Waals surface area contributed by atoms with E-state index >= 15 is 0 Å². The minimum absolute atomic E-state index is 0.146. The maximum absolute atomic E-state index is 11.5. The fraction of sp³-hybridized carbons (Fsp3) is 0.727. The molecule has 0 aromatic carbocycles. The third kappa shape index (κ3) is 3.81. The molecule has 2 rings (SSSR count). The van der Waals surface area contributed by atoms with Gasteiger partial charge in [-0.2, -0.15) is 0 Å². The van der Waals surface area contributed by atoms with Crippen LogP contribution in [0.4, 0.5) is 0 Å². The molecule has 1 saturated heterocycles.